The van der Waals surface area contributed by atoms with Gasteiger partial charge in [0.05, 0.1) is 5.69 Å². The monoisotopic (exact) mass is 242 g/mol. The zero-order chi connectivity index (χ0) is 11.7. The summed E-state index contributed by atoms with van der Waals surface area (Å²) in [6.45, 7) is 0.572. The van der Waals surface area contributed by atoms with Crippen molar-refractivity contribution in [3.63, 3.8) is 0 Å². The van der Waals surface area contributed by atoms with Gasteiger partial charge in [-0.2, -0.15) is 4.39 Å². The standard InChI is InChI=1S/C10H11FN2O2S/c1-13-4-2-6(10(13)15)9(14)12-7-3-5-16-8(7)11/h3,5-6H,2,4H2,1H3,(H,12,14)/t6-/m0/s1. The minimum atomic E-state index is -0.677. The second-order valence-electron chi connectivity index (χ2n) is 3.70. The van der Waals surface area contributed by atoms with Gasteiger partial charge in [0.2, 0.25) is 11.8 Å². The van der Waals surface area contributed by atoms with Crippen molar-refractivity contribution in [2.45, 2.75) is 6.42 Å². The number of amides is 2. The summed E-state index contributed by atoms with van der Waals surface area (Å²) in [5.41, 5.74) is 0.150. The number of rotatable bonds is 2. The molecule has 1 atom stereocenters. The van der Waals surface area contributed by atoms with E-state index in [2.05, 4.69) is 5.32 Å². The van der Waals surface area contributed by atoms with E-state index in [1.807, 2.05) is 0 Å². The number of thiophene rings is 1. The molecule has 86 valence electrons. The molecule has 0 saturated carbocycles. The Bertz CT molecular complexity index is 432. The maximum Gasteiger partial charge on any atom is 0.237 e. The molecule has 4 nitrogen and oxygen atoms in total. The van der Waals surface area contributed by atoms with E-state index in [-0.39, 0.29) is 11.6 Å². The molecule has 2 heterocycles. The zero-order valence-electron chi connectivity index (χ0n) is 8.70. The number of anilines is 1. The van der Waals surface area contributed by atoms with Crippen LogP contribution in [0.1, 0.15) is 6.42 Å². The SMILES string of the molecule is CN1CC[C@@H](C(=O)Nc2ccsc2F)C1=O. The molecule has 2 rings (SSSR count). The van der Waals surface area contributed by atoms with E-state index >= 15 is 0 Å². The fraction of sp³-hybridized carbons (Fsp3) is 0.400. The highest BCUT2D eigenvalue weighted by Gasteiger charge is 2.35. The third kappa shape index (κ3) is 1.92. The first kappa shape index (κ1) is 11.1. The minimum absolute atomic E-state index is 0.150. The summed E-state index contributed by atoms with van der Waals surface area (Å²) >= 11 is 0.914. The molecule has 0 radical (unpaired) electrons. The molecule has 1 aliphatic rings. The number of carbonyl (C=O) groups excluding carboxylic acids is 2. The molecule has 0 unspecified atom stereocenters. The number of hydrogen-bond donors (Lipinski definition) is 1. The Kier molecular flexibility index (Phi) is 2.91. The minimum Gasteiger partial charge on any atom is -0.345 e. The smallest absolute Gasteiger partial charge is 0.237 e. The molecule has 0 bridgehead atoms. The van der Waals surface area contributed by atoms with E-state index in [1.165, 1.54) is 11.0 Å². The number of hydrogen-bond acceptors (Lipinski definition) is 3. The van der Waals surface area contributed by atoms with Crippen molar-refractivity contribution in [3.8, 4) is 0 Å². The molecular weight excluding hydrogens is 231 g/mol. The van der Waals surface area contributed by atoms with E-state index in [0.717, 1.165) is 11.3 Å². The second-order valence-corrected chi connectivity index (χ2v) is 4.56. The van der Waals surface area contributed by atoms with Crippen molar-refractivity contribution in [2.75, 3.05) is 18.9 Å². The quantitative estimate of drug-likeness (QED) is 0.795. The first-order valence-corrected chi connectivity index (χ1v) is 5.76. The molecule has 0 aliphatic carbocycles. The van der Waals surface area contributed by atoms with Gasteiger partial charge in [0.1, 0.15) is 5.92 Å². The highest BCUT2D eigenvalue weighted by atomic mass is 32.1. The van der Waals surface area contributed by atoms with Gasteiger partial charge in [-0.1, -0.05) is 0 Å². The molecule has 0 aromatic carbocycles. The summed E-state index contributed by atoms with van der Waals surface area (Å²) in [4.78, 5) is 24.7. The van der Waals surface area contributed by atoms with E-state index in [1.54, 1.807) is 12.4 Å². The van der Waals surface area contributed by atoms with Gasteiger partial charge in [-0.15, -0.1) is 11.3 Å². The average Bonchev–Trinajstić information content (AvgIpc) is 2.77. The highest BCUT2D eigenvalue weighted by Crippen LogP contribution is 2.23. The van der Waals surface area contributed by atoms with Crippen LogP contribution in [0.5, 0.6) is 0 Å². The van der Waals surface area contributed by atoms with E-state index in [9.17, 15) is 14.0 Å². The molecule has 2 amide bonds. The maximum atomic E-state index is 13.1. The number of halogens is 1. The third-order valence-corrected chi connectivity index (χ3v) is 3.32. The molecule has 0 spiro atoms. The van der Waals surface area contributed by atoms with Gasteiger partial charge in [0, 0.05) is 13.6 Å². The fourth-order valence-corrected chi connectivity index (χ4v) is 2.24. The van der Waals surface area contributed by atoms with Gasteiger partial charge in [0.15, 0.2) is 5.13 Å². The first-order chi connectivity index (χ1) is 7.59. The summed E-state index contributed by atoms with van der Waals surface area (Å²) in [7, 11) is 1.65. The van der Waals surface area contributed by atoms with Gasteiger partial charge in [-0.05, 0) is 17.9 Å². The van der Waals surface area contributed by atoms with Crippen LogP contribution < -0.4 is 5.32 Å². The van der Waals surface area contributed by atoms with Gasteiger partial charge >= 0.3 is 0 Å². The lowest BCUT2D eigenvalue weighted by atomic mass is 10.1. The molecule has 6 heteroatoms. The molecule has 16 heavy (non-hydrogen) atoms. The molecule has 1 aromatic rings. The third-order valence-electron chi connectivity index (χ3n) is 2.62. The Labute approximate surface area is 96.1 Å². The van der Waals surface area contributed by atoms with Crippen LogP contribution in [0.15, 0.2) is 11.4 Å². The Morgan fingerprint density at radius 3 is 2.94 bits per heavy atom. The Balaban J connectivity index is 2.04. The van der Waals surface area contributed by atoms with Crippen LogP contribution in [0.2, 0.25) is 0 Å². The average molecular weight is 242 g/mol. The highest BCUT2D eigenvalue weighted by molar-refractivity contribution is 7.08. The molecule has 1 N–H and O–H groups in total. The van der Waals surface area contributed by atoms with Crippen LogP contribution in [0.3, 0.4) is 0 Å². The van der Waals surface area contributed by atoms with E-state index < -0.39 is 17.0 Å². The summed E-state index contributed by atoms with van der Waals surface area (Å²) in [5, 5.41) is 3.54. The summed E-state index contributed by atoms with van der Waals surface area (Å²) in [6, 6.07) is 1.49. The van der Waals surface area contributed by atoms with Gasteiger partial charge in [-0.25, -0.2) is 0 Å². The molecular formula is C10H11FN2O2S. The summed E-state index contributed by atoms with van der Waals surface area (Å²) < 4.78 is 13.1. The lowest BCUT2D eigenvalue weighted by Gasteiger charge is -2.10. The van der Waals surface area contributed by atoms with Gasteiger partial charge in [0.25, 0.3) is 0 Å². The fourth-order valence-electron chi connectivity index (χ4n) is 1.67. The normalized spacial score (nSPS) is 20.2. The van der Waals surface area contributed by atoms with Gasteiger partial charge in [-0.3, -0.25) is 9.59 Å². The van der Waals surface area contributed by atoms with E-state index in [4.69, 9.17) is 0 Å². The number of nitrogens with zero attached hydrogens (tertiary/aromatic N) is 1. The molecule has 1 aliphatic heterocycles. The van der Waals surface area contributed by atoms with Gasteiger partial charge < -0.3 is 10.2 Å². The van der Waals surface area contributed by atoms with Crippen LogP contribution in [0.4, 0.5) is 10.1 Å². The maximum absolute atomic E-state index is 13.1. The van der Waals surface area contributed by atoms with Crippen LogP contribution in [0, 0.1) is 11.0 Å². The predicted molar refractivity (Wildman–Crippen MR) is 58.7 cm³/mol. The number of likely N-dealkylation sites (tertiary alicyclic amines) is 1. The Hall–Kier alpha value is -1.43. The molecule has 1 aromatic heterocycles. The molecule has 1 fully saturated rings. The predicted octanol–water partition coefficient (Wildman–Crippen LogP) is 1.30. The zero-order valence-corrected chi connectivity index (χ0v) is 9.51. The van der Waals surface area contributed by atoms with Crippen LogP contribution >= 0.6 is 11.3 Å². The van der Waals surface area contributed by atoms with Crippen molar-refractivity contribution in [3.05, 3.63) is 16.6 Å². The lowest BCUT2D eigenvalue weighted by molar-refractivity contribution is -0.134. The van der Waals surface area contributed by atoms with Crippen molar-refractivity contribution >= 4 is 28.8 Å². The van der Waals surface area contributed by atoms with E-state index in [0.29, 0.717) is 13.0 Å². The largest absolute Gasteiger partial charge is 0.345 e. The summed E-state index contributed by atoms with van der Waals surface area (Å²) in [5.74, 6) is -1.30. The lowest BCUT2D eigenvalue weighted by Crippen LogP contribution is -2.30. The Morgan fingerprint density at radius 1 is 1.69 bits per heavy atom. The first-order valence-electron chi connectivity index (χ1n) is 4.88. The van der Waals surface area contributed by atoms with Crippen molar-refractivity contribution in [1.82, 2.24) is 4.90 Å². The molecule has 1 saturated heterocycles. The Morgan fingerprint density at radius 2 is 2.44 bits per heavy atom. The number of carbonyl (C=O) groups is 2. The summed E-state index contributed by atoms with van der Waals surface area (Å²) in [6.07, 6.45) is 0.493. The number of nitrogens with one attached hydrogen (secondary N) is 1. The van der Waals surface area contributed by atoms with Crippen molar-refractivity contribution in [2.24, 2.45) is 5.92 Å². The van der Waals surface area contributed by atoms with Crippen LogP contribution in [-0.2, 0) is 9.59 Å². The van der Waals surface area contributed by atoms with Crippen molar-refractivity contribution < 1.29 is 14.0 Å². The topological polar surface area (TPSA) is 49.4 Å². The second kappa shape index (κ2) is 4.21. The van der Waals surface area contributed by atoms with Crippen LogP contribution in [0.25, 0.3) is 0 Å². The van der Waals surface area contributed by atoms with Crippen LogP contribution in [-0.4, -0.2) is 30.3 Å². The van der Waals surface area contributed by atoms with Crippen molar-refractivity contribution in [1.29, 1.82) is 0 Å².